The summed E-state index contributed by atoms with van der Waals surface area (Å²) in [7, 11) is 0. The molecule has 2 aliphatic carbocycles. The quantitative estimate of drug-likeness (QED) is 0.536. The van der Waals surface area contributed by atoms with Gasteiger partial charge in [0.2, 0.25) is 0 Å². The molecule has 0 radical (unpaired) electrons. The highest BCUT2D eigenvalue weighted by Gasteiger charge is 2.73. The van der Waals surface area contributed by atoms with Gasteiger partial charge in [-0.2, -0.15) is 0 Å². The third kappa shape index (κ3) is 0.507. The molecule has 2 saturated carbocycles. The molecule has 0 bridgehead atoms. The van der Waals surface area contributed by atoms with Crippen LogP contribution < -0.4 is 0 Å². The maximum absolute atomic E-state index is 9.55. The van der Waals surface area contributed by atoms with E-state index >= 15 is 0 Å². The molecule has 0 saturated heterocycles. The average Bonchev–Trinajstić information content (AvgIpc) is 2.33. The lowest BCUT2D eigenvalue weighted by molar-refractivity contribution is 0.111. The fraction of sp³-hybridized carbons (Fsp3) is 1.00. The number of halogens is 1. The fourth-order valence-electron chi connectivity index (χ4n) is 2.40. The van der Waals surface area contributed by atoms with Crippen molar-refractivity contribution >= 4 is 11.6 Å². The van der Waals surface area contributed by atoms with Crippen LogP contribution in [0.5, 0.6) is 0 Å². The summed E-state index contributed by atoms with van der Waals surface area (Å²) in [6.45, 7) is 4.22. The van der Waals surface area contributed by atoms with Gasteiger partial charge in [-0.15, -0.1) is 11.6 Å². The van der Waals surface area contributed by atoms with Crippen molar-refractivity contribution in [1.82, 2.24) is 0 Å². The van der Waals surface area contributed by atoms with Crippen molar-refractivity contribution in [3.63, 3.8) is 0 Å². The average molecular weight is 161 g/mol. The summed E-state index contributed by atoms with van der Waals surface area (Å²) in [5.41, 5.74) is 0.0496. The van der Waals surface area contributed by atoms with Crippen molar-refractivity contribution < 1.29 is 5.11 Å². The minimum atomic E-state index is -0.153. The second-order valence-electron chi connectivity index (χ2n) is 4.11. The molecule has 2 heteroatoms. The van der Waals surface area contributed by atoms with Crippen molar-refractivity contribution in [2.75, 3.05) is 0 Å². The van der Waals surface area contributed by atoms with Gasteiger partial charge in [0.25, 0.3) is 0 Å². The van der Waals surface area contributed by atoms with Gasteiger partial charge in [0.1, 0.15) is 0 Å². The Hall–Kier alpha value is 0.250. The largest absolute Gasteiger partial charge is 0.392 e. The van der Waals surface area contributed by atoms with Gasteiger partial charge in [0, 0.05) is 5.41 Å². The summed E-state index contributed by atoms with van der Waals surface area (Å²) >= 11 is 6.27. The van der Waals surface area contributed by atoms with Crippen molar-refractivity contribution in [2.24, 2.45) is 11.3 Å². The number of alkyl halides is 1. The van der Waals surface area contributed by atoms with E-state index in [1.54, 1.807) is 0 Å². The van der Waals surface area contributed by atoms with Crippen LogP contribution in [0.15, 0.2) is 0 Å². The van der Waals surface area contributed by atoms with E-state index in [-0.39, 0.29) is 16.4 Å². The highest BCUT2D eigenvalue weighted by Crippen LogP contribution is 2.72. The first-order valence-electron chi connectivity index (χ1n) is 3.88. The molecule has 2 aliphatic rings. The van der Waals surface area contributed by atoms with Crippen LogP contribution in [-0.2, 0) is 0 Å². The molecule has 58 valence electrons. The third-order valence-corrected chi connectivity index (χ3v) is 4.48. The molecule has 0 heterocycles. The summed E-state index contributed by atoms with van der Waals surface area (Å²) in [6, 6.07) is 0. The molecule has 2 rings (SSSR count). The first-order valence-corrected chi connectivity index (χ1v) is 4.25. The topological polar surface area (TPSA) is 20.2 Å². The predicted molar refractivity (Wildman–Crippen MR) is 41.1 cm³/mol. The fourth-order valence-corrected chi connectivity index (χ4v) is 2.90. The Balaban J connectivity index is 2.30. The van der Waals surface area contributed by atoms with Crippen molar-refractivity contribution in [1.29, 1.82) is 0 Å². The minimum Gasteiger partial charge on any atom is -0.392 e. The lowest BCUT2D eigenvalue weighted by atomic mass is 10.0. The normalized spacial score (nSPS) is 66.0. The van der Waals surface area contributed by atoms with Gasteiger partial charge in [-0.05, 0) is 18.8 Å². The molecule has 0 spiro atoms. The zero-order valence-electron chi connectivity index (χ0n) is 6.39. The Morgan fingerprint density at radius 2 is 2.20 bits per heavy atom. The van der Waals surface area contributed by atoms with Gasteiger partial charge in [-0.1, -0.05) is 13.8 Å². The maximum Gasteiger partial charge on any atom is 0.0614 e. The molecule has 1 nitrogen and oxygen atoms in total. The van der Waals surface area contributed by atoms with Crippen molar-refractivity contribution in [2.45, 2.75) is 37.7 Å². The maximum atomic E-state index is 9.55. The lowest BCUT2D eigenvalue weighted by Crippen LogP contribution is -2.16. The Morgan fingerprint density at radius 3 is 2.30 bits per heavy atom. The molecule has 4 unspecified atom stereocenters. The minimum absolute atomic E-state index is 0.0492. The van der Waals surface area contributed by atoms with E-state index in [9.17, 15) is 5.11 Å². The summed E-state index contributed by atoms with van der Waals surface area (Å²) in [4.78, 5) is -0.0492. The van der Waals surface area contributed by atoms with Gasteiger partial charge in [0.15, 0.2) is 0 Å². The monoisotopic (exact) mass is 160 g/mol. The summed E-state index contributed by atoms with van der Waals surface area (Å²) in [5, 5.41) is 9.55. The first kappa shape index (κ1) is 6.93. The van der Waals surface area contributed by atoms with Crippen LogP contribution >= 0.6 is 11.6 Å². The number of hydrogen-bond donors (Lipinski definition) is 1. The second kappa shape index (κ2) is 1.54. The smallest absolute Gasteiger partial charge is 0.0614 e. The molecule has 4 atom stereocenters. The van der Waals surface area contributed by atoms with Crippen LogP contribution in [0.25, 0.3) is 0 Å². The molecular formula is C8H13ClO. The molecule has 0 aromatic heterocycles. The first-order chi connectivity index (χ1) is 4.51. The summed E-state index contributed by atoms with van der Waals surface area (Å²) in [5.74, 6) is 0.495. The lowest BCUT2D eigenvalue weighted by Gasteiger charge is -2.10. The Morgan fingerprint density at radius 1 is 1.60 bits per heavy atom. The number of rotatable bonds is 0. The third-order valence-electron chi connectivity index (χ3n) is 3.54. The Bertz CT molecular complexity index is 164. The highest BCUT2D eigenvalue weighted by atomic mass is 35.5. The summed E-state index contributed by atoms with van der Waals surface area (Å²) < 4.78 is 0. The number of hydrogen-bond acceptors (Lipinski definition) is 1. The molecular weight excluding hydrogens is 148 g/mol. The van der Waals surface area contributed by atoms with Gasteiger partial charge in [-0.25, -0.2) is 0 Å². The molecule has 1 N–H and O–H groups in total. The van der Waals surface area contributed by atoms with Gasteiger partial charge in [0.05, 0.1) is 11.0 Å². The van der Waals surface area contributed by atoms with Gasteiger partial charge >= 0.3 is 0 Å². The van der Waals surface area contributed by atoms with Crippen LogP contribution in [0.4, 0.5) is 0 Å². The molecule has 0 aromatic rings. The van der Waals surface area contributed by atoms with Gasteiger partial charge < -0.3 is 5.11 Å². The summed E-state index contributed by atoms with van der Waals surface area (Å²) in [6.07, 6.45) is 1.74. The van der Waals surface area contributed by atoms with Crippen molar-refractivity contribution in [3.05, 3.63) is 0 Å². The van der Waals surface area contributed by atoms with Crippen LogP contribution in [0.3, 0.4) is 0 Å². The van der Waals surface area contributed by atoms with Crippen LogP contribution in [0.2, 0.25) is 0 Å². The molecule has 0 aliphatic heterocycles. The number of fused-ring (bicyclic) bond motifs is 1. The van der Waals surface area contributed by atoms with Crippen molar-refractivity contribution in [3.8, 4) is 0 Å². The zero-order chi connectivity index (χ0) is 7.57. The second-order valence-corrected chi connectivity index (χ2v) is 4.78. The molecule has 2 fully saturated rings. The van der Waals surface area contributed by atoms with E-state index in [0.717, 1.165) is 12.8 Å². The Labute approximate surface area is 66.4 Å². The van der Waals surface area contributed by atoms with Crippen LogP contribution in [-0.4, -0.2) is 16.1 Å². The molecule has 10 heavy (non-hydrogen) atoms. The standard InChI is InChI=1S/C8H13ClO/c1-5-3-6(10)7(2)4-8(5,7)9/h5-6,10H,3-4H2,1-2H3. The molecule has 0 amide bonds. The van der Waals surface area contributed by atoms with E-state index in [1.165, 1.54) is 0 Å². The van der Waals surface area contributed by atoms with E-state index in [1.807, 2.05) is 0 Å². The number of aliphatic hydroxyl groups is 1. The Kier molecular flexibility index (Phi) is 1.06. The van der Waals surface area contributed by atoms with E-state index in [0.29, 0.717) is 5.92 Å². The van der Waals surface area contributed by atoms with E-state index in [4.69, 9.17) is 11.6 Å². The van der Waals surface area contributed by atoms with Crippen LogP contribution in [0, 0.1) is 11.3 Å². The van der Waals surface area contributed by atoms with Gasteiger partial charge in [-0.3, -0.25) is 0 Å². The highest BCUT2D eigenvalue weighted by molar-refractivity contribution is 6.27. The molecule has 0 aromatic carbocycles. The van der Waals surface area contributed by atoms with E-state index < -0.39 is 0 Å². The predicted octanol–water partition coefficient (Wildman–Crippen LogP) is 1.77. The number of aliphatic hydroxyl groups excluding tert-OH is 1. The van der Waals surface area contributed by atoms with Crippen LogP contribution in [0.1, 0.15) is 26.7 Å². The van der Waals surface area contributed by atoms with E-state index in [2.05, 4.69) is 13.8 Å². The SMILES string of the molecule is CC1CC(O)C2(C)CC12Cl. The zero-order valence-corrected chi connectivity index (χ0v) is 7.15.